The van der Waals surface area contributed by atoms with Crippen molar-refractivity contribution in [2.45, 2.75) is 11.8 Å². The number of aryl methyl sites for hydroxylation is 1. The zero-order chi connectivity index (χ0) is 17.0. The van der Waals surface area contributed by atoms with Crippen LogP contribution < -0.4 is 0 Å². The van der Waals surface area contributed by atoms with E-state index in [2.05, 4.69) is 5.92 Å². The van der Waals surface area contributed by atoms with Crippen molar-refractivity contribution < 1.29 is 26.8 Å². The van der Waals surface area contributed by atoms with E-state index < -0.39 is 10.1 Å². The first-order valence-corrected chi connectivity index (χ1v) is 8.60. The number of rotatable bonds is 12. The van der Waals surface area contributed by atoms with Gasteiger partial charge in [-0.15, -0.1) is 6.42 Å². The van der Waals surface area contributed by atoms with E-state index in [9.17, 15) is 8.42 Å². The van der Waals surface area contributed by atoms with Crippen molar-refractivity contribution in [2.24, 2.45) is 0 Å². The lowest BCUT2D eigenvalue weighted by Crippen LogP contribution is -2.14. The van der Waals surface area contributed by atoms with Crippen molar-refractivity contribution in [2.75, 3.05) is 46.2 Å². The van der Waals surface area contributed by atoms with Gasteiger partial charge in [0, 0.05) is 0 Å². The number of ether oxygens (including phenoxy) is 3. The molecule has 23 heavy (non-hydrogen) atoms. The molecule has 6 nitrogen and oxygen atoms in total. The molecule has 0 atom stereocenters. The Balaban J connectivity index is 2.06. The molecule has 0 saturated heterocycles. The van der Waals surface area contributed by atoms with Crippen molar-refractivity contribution in [3.05, 3.63) is 29.8 Å². The van der Waals surface area contributed by atoms with Crippen LogP contribution in [0.1, 0.15) is 5.56 Å². The van der Waals surface area contributed by atoms with E-state index in [1.165, 1.54) is 12.1 Å². The molecule has 0 bridgehead atoms. The number of hydrogen-bond donors (Lipinski definition) is 0. The first kappa shape index (κ1) is 19.6. The average Bonchev–Trinajstić information content (AvgIpc) is 2.53. The third kappa shape index (κ3) is 8.69. The van der Waals surface area contributed by atoms with Gasteiger partial charge in [-0.2, -0.15) is 8.42 Å². The van der Waals surface area contributed by atoms with Crippen molar-refractivity contribution in [1.29, 1.82) is 0 Å². The Morgan fingerprint density at radius 3 is 2.00 bits per heavy atom. The second kappa shape index (κ2) is 11.2. The minimum absolute atomic E-state index is 0.0402. The molecule has 1 aromatic carbocycles. The highest BCUT2D eigenvalue weighted by Crippen LogP contribution is 2.12. The summed E-state index contributed by atoms with van der Waals surface area (Å²) in [7, 11) is -3.73. The third-order valence-corrected chi connectivity index (χ3v) is 4.03. The van der Waals surface area contributed by atoms with Gasteiger partial charge >= 0.3 is 0 Å². The molecule has 0 amide bonds. The minimum atomic E-state index is -3.73. The molecule has 1 aromatic rings. The Morgan fingerprint density at radius 1 is 0.913 bits per heavy atom. The highest BCUT2D eigenvalue weighted by molar-refractivity contribution is 7.86. The molecule has 0 saturated carbocycles. The molecule has 0 heterocycles. The zero-order valence-corrected chi connectivity index (χ0v) is 14.0. The predicted molar refractivity (Wildman–Crippen MR) is 85.6 cm³/mol. The van der Waals surface area contributed by atoms with Crippen LogP contribution >= 0.6 is 0 Å². The molecule has 1 rings (SSSR count). The van der Waals surface area contributed by atoms with Crippen LogP contribution in [0.2, 0.25) is 0 Å². The number of hydrogen-bond acceptors (Lipinski definition) is 6. The summed E-state index contributed by atoms with van der Waals surface area (Å²) in [5.41, 5.74) is 0.983. The minimum Gasteiger partial charge on any atom is -0.377 e. The topological polar surface area (TPSA) is 71.1 Å². The van der Waals surface area contributed by atoms with E-state index in [1.54, 1.807) is 12.1 Å². The number of terminal acetylenes is 1. The third-order valence-electron chi connectivity index (χ3n) is 2.71. The molecule has 0 fully saturated rings. The first-order chi connectivity index (χ1) is 11.1. The fourth-order valence-electron chi connectivity index (χ4n) is 1.55. The summed E-state index contributed by atoms with van der Waals surface area (Å²) in [6.07, 6.45) is 5.02. The van der Waals surface area contributed by atoms with Gasteiger partial charge in [-0.05, 0) is 19.1 Å². The van der Waals surface area contributed by atoms with Gasteiger partial charge in [0.15, 0.2) is 0 Å². The lowest BCUT2D eigenvalue weighted by Gasteiger charge is -2.07. The van der Waals surface area contributed by atoms with Crippen LogP contribution in [0.25, 0.3) is 0 Å². The van der Waals surface area contributed by atoms with Crippen LogP contribution in [0.3, 0.4) is 0 Å². The summed E-state index contributed by atoms with van der Waals surface area (Å²) in [5, 5.41) is 0. The number of benzene rings is 1. The van der Waals surface area contributed by atoms with E-state index in [-0.39, 0.29) is 24.7 Å². The summed E-state index contributed by atoms with van der Waals surface area (Å²) >= 11 is 0. The van der Waals surface area contributed by atoms with E-state index in [4.69, 9.17) is 24.8 Å². The molecule has 0 N–H and O–H groups in total. The van der Waals surface area contributed by atoms with E-state index in [1.807, 2.05) is 6.92 Å². The lowest BCUT2D eigenvalue weighted by atomic mass is 10.2. The van der Waals surface area contributed by atoms with Gasteiger partial charge < -0.3 is 14.2 Å². The van der Waals surface area contributed by atoms with E-state index in [0.717, 1.165) is 5.56 Å². The maximum Gasteiger partial charge on any atom is 0.297 e. The summed E-state index contributed by atoms with van der Waals surface area (Å²) in [6, 6.07) is 6.47. The van der Waals surface area contributed by atoms with Crippen LogP contribution in [-0.2, 0) is 28.5 Å². The summed E-state index contributed by atoms with van der Waals surface area (Å²) in [5.74, 6) is 2.35. The molecule has 7 heteroatoms. The Kier molecular flexibility index (Phi) is 9.52. The second-order valence-corrected chi connectivity index (χ2v) is 6.19. The van der Waals surface area contributed by atoms with Gasteiger partial charge in [0.2, 0.25) is 0 Å². The maximum atomic E-state index is 11.9. The van der Waals surface area contributed by atoms with Crippen LogP contribution in [0.5, 0.6) is 0 Å². The lowest BCUT2D eigenvalue weighted by molar-refractivity contribution is 0.0146. The van der Waals surface area contributed by atoms with Crippen molar-refractivity contribution in [3.63, 3.8) is 0 Å². The standard InChI is InChI=1S/C16H22O6S/c1-3-8-19-9-10-20-11-12-21-13-14-22-23(17,18)16-6-4-15(2)5-7-16/h1,4-7H,8-14H2,2H3. The zero-order valence-electron chi connectivity index (χ0n) is 13.2. The smallest absolute Gasteiger partial charge is 0.297 e. The fourth-order valence-corrected chi connectivity index (χ4v) is 2.44. The van der Waals surface area contributed by atoms with Crippen LogP contribution in [0.15, 0.2) is 29.2 Å². The Bertz CT molecular complexity index is 574. The Morgan fingerprint density at radius 2 is 1.43 bits per heavy atom. The van der Waals surface area contributed by atoms with Crippen molar-refractivity contribution in [3.8, 4) is 12.3 Å². The van der Waals surface area contributed by atoms with Gasteiger partial charge in [0.1, 0.15) is 6.61 Å². The van der Waals surface area contributed by atoms with Crippen molar-refractivity contribution in [1.82, 2.24) is 0 Å². The van der Waals surface area contributed by atoms with Crippen molar-refractivity contribution >= 4 is 10.1 Å². The van der Waals surface area contributed by atoms with Gasteiger partial charge in [-0.3, -0.25) is 4.18 Å². The monoisotopic (exact) mass is 342 g/mol. The molecule has 0 spiro atoms. The molecular formula is C16H22O6S. The second-order valence-electron chi connectivity index (χ2n) is 4.57. The van der Waals surface area contributed by atoms with Crippen LogP contribution in [0.4, 0.5) is 0 Å². The van der Waals surface area contributed by atoms with E-state index >= 15 is 0 Å². The highest BCUT2D eigenvalue weighted by atomic mass is 32.2. The molecular weight excluding hydrogens is 320 g/mol. The summed E-state index contributed by atoms with van der Waals surface area (Å²) in [6.45, 7) is 3.89. The Labute approximate surface area is 137 Å². The van der Waals surface area contributed by atoms with Gasteiger partial charge in [0.25, 0.3) is 10.1 Å². The largest absolute Gasteiger partial charge is 0.377 e. The van der Waals surface area contributed by atoms with Gasteiger partial charge in [-0.25, -0.2) is 0 Å². The van der Waals surface area contributed by atoms with E-state index in [0.29, 0.717) is 26.4 Å². The molecule has 0 aliphatic carbocycles. The SMILES string of the molecule is C#CCOCCOCCOCCOS(=O)(=O)c1ccc(C)cc1. The molecule has 128 valence electrons. The average molecular weight is 342 g/mol. The van der Waals surface area contributed by atoms with Crippen LogP contribution in [-0.4, -0.2) is 54.7 Å². The predicted octanol–water partition coefficient (Wildman–Crippen LogP) is 1.38. The van der Waals surface area contributed by atoms with Crippen LogP contribution in [0, 0.1) is 19.3 Å². The molecule has 0 unspecified atom stereocenters. The summed E-state index contributed by atoms with van der Waals surface area (Å²) < 4.78 is 44.1. The molecule has 0 radical (unpaired) electrons. The normalized spacial score (nSPS) is 11.3. The van der Waals surface area contributed by atoms with Gasteiger partial charge in [-0.1, -0.05) is 23.6 Å². The van der Waals surface area contributed by atoms with Gasteiger partial charge in [0.05, 0.1) is 44.5 Å². The quantitative estimate of drug-likeness (QED) is 0.325. The molecule has 0 aliphatic heterocycles. The fraction of sp³-hybridized carbons (Fsp3) is 0.500. The molecule has 0 aliphatic rings. The highest BCUT2D eigenvalue weighted by Gasteiger charge is 2.14. The first-order valence-electron chi connectivity index (χ1n) is 7.19. The molecule has 0 aromatic heterocycles. The Hall–Kier alpha value is -1.43. The summed E-state index contributed by atoms with van der Waals surface area (Å²) in [4.78, 5) is 0.137. The maximum absolute atomic E-state index is 11.9.